The lowest BCUT2D eigenvalue weighted by molar-refractivity contribution is -0.139. The van der Waals surface area contributed by atoms with Crippen LogP contribution in [0.3, 0.4) is 0 Å². The summed E-state index contributed by atoms with van der Waals surface area (Å²) < 4.78 is 0. The Labute approximate surface area is 123 Å². The highest BCUT2D eigenvalue weighted by Gasteiger charge is 2.40. The van der Waals surface area contributed by atoms with E-state index in [0.717, 1.165) is 25.2 Å². The molecule has 0 spiro atoms. The molecule has 20 heavy (non-hydrogen) atoms. The predicted octanol–water partition coefficient (Wildman–Crippen LogP) is 4.30. The molecule has 0 radical (unpaired) electrons. The van der Waals surface area contributed by atoms with Crippen molar-refractivity contribution in [3.8, 4) is 0 Å². The standard InChI is InChI=1S/C18H29NO/c1-2-14-8-10-16(11-9-14)19(17-12-13-17)18(20)15-6-4-3-5-7-15/h3-4,14-17H,2,5-13H2,1H3/t14?,15-,16?/m0/s1. The number of allylic oxidation sites excluding steroid dienone is 2. The summed E-state index contributed by atoms with van der Waals surface area (Å²) in [5.41, 5.74) is 0. The van der Waals surface area contributed by atoms with Crippen LogP contribution < -0.4 is 0 Å². The van der Waals surface area contributed by atoms with Gasteiger partial charge in [0, 0.05) is 18.0 Å². The highest BCUT2D eigenvalue weighted by molar-refractivity contribution is 5.80. The average molecular weight is 275 g/mol. The van der Waals surface area contributed by atoms with Crippen molar-refractivity contribution in [2.75, 3.05) is 0 Å². The number of amides is 1. The third kappa shape index (κ3) is 3.10. The molecule has 0 aromatic rings. The van der Waals surface area contributed by atoms with Crippen LogP contribution >= 0.6 is 0 Å². The molecule has 0 aromatic carbocycles. The third-order valence-corrected chi connectivity index (χ3v) is 5.60. The Balaban J connectivity index is 1.63. The Bertz CT molecular complexity index is 364. The van der Waals surface area contributed by atoms with Gasteiger partial charge in [-0.3, -0.25) is 4.79 Å². The van der Waals surface area contributed by atoms with Gasteiger partial charge in [0.25, 0.3) is 0 Å². The summed E-state index contributed by atoms with van der Waals surface area (Å²) in [5.74, 6) is 1.68. The minimum atomic E-state index is 0.282. The third-order valence-electron chi connectivity index (χ3n) is 5.60. The van der Waals surface area contributed by atoms with Crippen LogP contribution in [0.15, 0.2) is 12.2 Å². The molecule has 0 aliphatic heterocycles. The molecule has 3 rings (SSSR count). The Morgan fingerprint density at radius 2 is 1.65 bits per heavy atom. The van der Waals surface area contributed by atoms with Gasteiger partial charge < -0.3 is 4.90 Å². The number of nitrogens with zero attached hydrogens (tertiary/aromatic N) is 1. The van der Waals surface area contributed by atoms with Crippen LogP contribution in [0, 0.1) is 11.8 Å². The van der Waals surface area contributed by atoms with Crippen LogP contribution in [0.4, 0.5) is 0 Å². The molecule has 0 heterocycles. The summed E-state index contributed by atoms with van der Waals surface area (Å²) in [6.45, 7) is 2.31. The van der Waals surface area contributed by atoms with Crippen LogP contribution in [0.5, 0.6) is 0 Å². The Morgan fingerprint density at radius 1 is 1.00 bits per heavy atom. The molecule has 3 aliphatic carbocycles. The number of carbonyl (C=O) groups excluding carboxylic acids is 1. The summed E-state index contributed by atoms with van der Waals surface area (Å²) in [7, 11) is 0. The highest BCUT2D eigenvalue weighted by Crippen LogP contribution is 2.38. The molecule has 1 amide bonds. The van der Waals surface area contributed by atoms with Gasteiger partial charge in [0.15, 0.2) is 0 Å². The zero-order valence-electron chi connectivity index (χ0n) is 12.9. The molecular formula is C18H29NO. The SMILES string of the molecule is CCC1CCC(N(C(=O)[C@H]2CC=CCC2)C2CC2)CC1. The van der Waals surface area contributed by atoms with E-state index in [0.29, 0.717) is 18.0 Å². The summed E-state index contributed by atoms with van der Waals surface area (Å²) in [5, 5.41) is 0. The van der Waals surface area contributed by atoms with E-state index < -0.39 is 0 Å². The zero-order chi connectivity index (χ0) is 13.9. The van der Waals surface area contributed by atoms with Crippen molar-refractivity contribution < 1.29 is 4.79 Å². The van der Waals surface area contributed by atoms with E-state index in [9.17, 15) is 4.79 Å². The van der Waals surface area contributed by atoms with E-state index in [1.165, 1.54) is 44.9 Å². The Kier molecular flexibility index (Phi) is 4.48. The maximum Gasteiger partial charge on any atom is 0.226 e. The molecule has 112 valence electrons. The van der Waals surface area contributed by atoms with E-state index in [2.05, 4.69) is 24.0 Å². The second kappa shape index (κ2) is 6.32. The molecule has 0 unspecified atom stereocenters. The maximum atomic E-state index is 12.9. The Morgan fingerprint density at radius 3 is 2.15 bits per heavy atom. The summed E-state index contributed by atoms with van der Waals surface area (Å²) >= 11 is 0. The van der Waals surface area contributed by atoms with Gasteiger partial charge in [-0.1, -0.05) is 25.5 Å². The van der Waals surface area contributed by atoms with Crippen LogP contribution in [0.1, 0.15) is 71.1 Å². The van der Waals surface area contributed by atoms with Gasteiger partial charge in [-0.15, -0.1) is 0 Å². The first-order valence-corrected chi connectivity index (χ1v) is 8.76. The smallest absolute Gasteiger partial charge is 0.226 e. The van der Waals surface area contributed by atoms with Crippen molar-refractivity contribution in [2.45, 2.75) is 83.2 Å². The summed E-state index contributed by atoms with van der Waals surface area (Å²) in [4.78, 5) is 15.3. The normalized spacial score (nSPS) is 34.0. The predicted molar refractivity (Wildman–Crippen MR) is 82.4 cm³/mol. The van der Waals surface area contributed by atoms with Crippen molar-refractivity contribution in [3.05, 3.63) is 12.2 Å². The van der Waals surface area contributed by atoms with Crippen LogP contribution in [0.2, 0.25) is 0 Å². The van der Waals surface area contributed by atoms with Gasteiger partial charge in [0.1, 0.15) is 0 Å². The van der Waals surface area contributed by atoms with E-state index >= 15 is 0 Å². The minimum Gasteiger partial charge on any atom is -0.336 e. The van der Waals surface area contributed by atoms with Crippen molar-refractivity contribution in [2.24, 2.45) is 11.8 Å². The molecule has 0 N–H and O–H groups in total. The lowest BCUT2D eigenvalue weighted by Crippen LogP contribution is -2.46. The first kappa shape index (κ1) is 14.2. The van der Waals surface area contributed by atoms with Crippen LogP contribution in [0.25, 0.3) is 0 Å². The van der Waals surface area contributed by atoms with Gasteiger partial charge in [-0.2, -0.15) is 0 Å². The topological polar surface area (TPSA) is 20.3 Å². The fourth-order valence-corrected chi connectivity index (χ4v) is 4.07. The second-order valence-corrected chi connectivity index (χ2v) is 7.04. The molecule has 2 saturated carbocycles. The quantitative estimate of drug-likeness (QED) is 0.700. The largest absolute Gasteiger partial charge is 0.336 e. The van der Waals surface area contributed by atoms with E-state index in [4.69, 9.17) is 0 Å². The first-order valence-electron chi connectivity index (χ1n) is 8.76. The van der Waals surface area contributed by atoms with Gasteiger partial charge in [0.05, 0.1) is 0 Å². The number of hydrogen-bond donors (Lipinski definition) is 0. The first-order chi connectivity index (χ1) is 9.79. The van der Waals surface area contributed by atoms with Crippen molar-refractivity contribution in [1.82, 2.24) is 4.90 Å². The van der Waals surface area contributed by atoms with Crippen molar-refractivity contribution in [1.29, 1.82) is 0 Å². The molecule has 3 aliphatic rings. The molecule has 0 aromatic heterocycles. The lowest BCUT2D eigenvalue weighted by atomic mass is 9.83. The maximum absolute atomic E-state index is 12.9. The minimum absolute atomic E-state index is 0.282. The fraction of sp³-hybridized carbons (Fsp3) is 0.833. The van der Waals surface area contributed by atoms with Crippen LogP contribution in [-0.4, -0.2) is 22.9 Å². The molecule has 0 saturated heterocycles. The van der Waals surface area contributed by atoms with E-state index in [1.807, 2.05) is 0 Å². The number of hydrogen-bond acceptors (Lipinski definition) is 1. The highest BCUT2D eigenvalue weighted by atomic mass is 16.2. The van der Waals surface area contributed by atoms with E-state index in [1.54, 1.807) is 0 Å². The van der Waals surface area contributed by atoms with Gasteiger partial charge in [-0.25, -0.2) is 0 Å². The van der Waals surface area contributed by atoms with Crippen LogP contribution in [-0.2, 0) is 4.79 Å². The van der Waals surface area contributed by atoms with Crippen molar-refractivity contribution in [3.63, 3.8) is 0 Å². The fourth-order valence-electron chi connectivity index (χ4n) is 4.07. The molecule has 2 nitrogen and oxygen atoms in total. The number of rotatable bonds is 4. The summed E-state index contributed by atoms with van der Waals surface area (Å²) in [6, 6.07) is 1.15. The molecule has 2 heteroatoms. The summed E-state index contributed by atoms with van der Waals surface area (Å²) in [6.07, 6.45) is 16.6. The lowest BCUT2D eigenvalue weighted by Gasteiger charge is -2.39. The zero-order valence-corrected chi connectivity index (χ0v) is 12.9. The van der Waals surface area contributed by atoms with E-state index in [-0.39, 0.29) is 5.92 Å². The molecule has 2 fully saturated rings. The van der Waals surface area contributed by atoms with Crippen molar-refractivity contribution >= 4 is 5.91 Å². The van der Waals surface area contributed by atoms with Gasteiger partial charge >= 0.3 is 0 Å². The molecule has 0 bridgehead atoms. The molecule has 1 atom stereocenters. The molecular weight excluding hydrogens is 246 g/mol. The number of carbonyl (C=O) groups is 1. The average Bonchev–Trinajstić information content (AvgIpc) is 3.34. The monoisotopic (exact) mass is 275 g/mol. The van der Waals surface area contributed by atoms with Gasteiger partial charge in [0.2, 0.25) is 5.91 Å². The van der Waals surface area contributed by atoms with Gasteiger partial charge in [-0.05, 0) is 63.7 Å². The Hall–Kier alpha value is -0.790. The second-order valence-electron chi connectivity index (χ2n) is 7.04.